The molecule has 1 aromatic carbocycles. The molecule has 0 fully saturated rings. The van der Waals surface area contributed by atoms with E-state index in [1.807, 2.05) is 35.0 Å². The molecule has 0 spiro atoms. The molecule has 3 heterocycles. The van der Waals surface area contributed by atoms with Gasteiger partial charge in [-0.25, -0.2) is 4.98 Å². The number of pyridine rings is 1. The van der Waals surface area contributed by atoms with Crippen molar-refractivity contribution in [3.05, 3.63) is 64.7 Å². The largest absolute Gasteiger partial charge is 0.332 e. The van der Waals surface area contributed by atoms with Gasteiger partial charge in [0.2, 0.25) is 5.82 Å². The van der Waals surface area contributed by atoms with Crippen LogP contribution in [0.25, 0.3) is 22.8 Å². The molecule has 0 aliphatic rings. The monoisotopic (exact) mass is 371 g/mol. The van der Waals surface area contributed by atoms with Crippen molar-refractivity contribution in [1.29, 1.82) is 0 Å². The van der Waals surface area contributed by atoms with Crippen molar-refractivity contribution < 1.29 is 0 Å². The molecule has 4 aromatic rings. The van der Waals surface area contributed by atoms with E-state index in [0.29, 0.717) is 22.4 Å². The second-order valence-electron chi connectivity index (χ2n) is 5.31. The summed E-state index contributed by atoms with van der Waals surface area (Å²) in [5, 5.41) is 15.0. The van der Waals surface area contributed by atoms with Crippen LogP contribution in [0.3, 0.4) is 0 Å². The third-order valence-electron chi connectivity index (χ3n) is 3.64. The van der Waals surface area contributed by atoms with Crippen molar-refractivity contribution >= 4 is 23.2 Å². The molecule has 0 saturated carbocycles. The Labute approximate surface area is 152 Å². The average molecular weight is 372 g/mol. The van der Waals surface area contributed by atoms with Crippen LogP contribution in [0.5, 0.6) is 0 Å². The molecule has 0 amide bonds. The van der Waals surface area contributed by atoms with Crippen LogP contribution in [-0.2, 0) is 6.54 Å². The van der Waals surface area contributed by atoms with Crippen LogP contribution in [0.15, 0.2) is 49.1 Å². The number of halogens is 2. The summed E-state index contributed by atoms with van der Waals surface area (Å²) in [7, 11) is 0. The van der Waals surface area contributed by atoms with Gasteiger partial charge >= 0.3 is 0 Å². The second kappa shape index (κ2) is 6.62. The van der Waals surface area contributed by atoms with Crippen molar-refractivity contribution in [3.8, 4) is 22.8 Å². The number of hydrogen-bond acceptors (Lipinski definition) is 5. The van der Waals surface area contributed by atoms with E-state index in [1.165, 1.54) is 0 Å². The number of benzene rings is 1. The Morgan fingerprint density at radius 1 is 1.08 bits per heavy atom. The van der Waals surface area contributed by atoms with Gasteiger partial charge in [0.25, 0.3) is 0 Å². The Kier molecular flexibility index (Phi) is 4.17. The lowest BCUT2D eigenvalue weighted by Gasteiger charge is -2.06. The van der Waals surface area contributed by atoms with E-state index in [4.69, 9.17) is 23.2 Å². The Morgan fingerprint density at radius 2 is 2.00 bits per heavy atom. The van der Waals surface area contributed by atoms with E-state index in [-0.39, 0.29) is 0 Å². The Balaban J connectivity index is 1.61. The first-order valence-electron chi connectivity index (χ1n) is 7.35. The van der Waals surface area contributed by atoms with Crippen molar-refractivity contribution in [3.63, 3.8) is 0 Å². The van der Waals surface area contributed by atoms with Crippen molar-refractivity contribution in [1.82, 2.24) is 35.2 Å². The van der Waals surface area contributed by atoms with Gasteiger partial charge in [-0.1, -0.05) is 35.3 Å². The van der Waals surface area contributed by atoms with E-state index in [0.717, 1.165) is 22.5 Å². The lowest BCUT2D eigenvalue weighted by Crippen LogP contribution is -1.97. The summed E-state index contributed by atoms with van der Waals surface area (Å²) in [6, 6.07) is 9.25. The zero-order valence-corrected chi connectivity index (χ0v) is 14.3. The quantitative estimate of drug-likeness (QED) is 0.593. The lowest BCUT2D eigenvalue weighted by molar-refractivity contribution is 0.798. The number of hydrogen-bond donors (Lipinski definition) is 1. The van der Waals surface area contributed by atoms with E-state index in [1.54, 1.807) is 18.6 Å². The predicted octanol–water partition coefficient (Wildman–Crippen LogP) is 3.48. The predicted molar refractivity (Wildman–Crippen MR) is 94.2 cm³/mol. The molecule has 0 bridgehead atoms. The standard InChI is InChI=1S/C16H11Cl2N7/c17-12-3-1-2-11(15(12)18)7-25-8-14(20-9-25)13-6-10(4-5-19-13)16-21-23-24-22-16/h1-6,8-9H,7H2,(H,21,22,23,24). The number of aromatic amines is 1. The molecule has 7 nitrogen and oxygen atoms in total. The smallest absolute Gasteiger partial charge is 0.204 e. The van der Waals surface area contributed by atoms with Gasteiger partial charge in [-0.05, 0) is 29.0 Å². The number of tetrazole rings is 1. The molecule has 9 heteroatoms. The van der Waals surface area contributed by atoms with Gasteiger partial charge in [0.1, 0.15) is 5.69 Å². The minimum absolute atomic E-state index is 0.508. The number of nitrogens with one attached hydrogen (secondary N) is 1. The molecular formula is C16H11Cl2N7. The molecular weight excluding hydrogens is 361 g/mol. The molecule has 1 N–H and O–H groups in total. The van der Waals surface area contributed by atoms with E-state index in [9.17, 15) is 0 Å². The third kappa shape index (κ3) is 3.24. The number of aromatic nitrogens is 7. The molecule has 0 saturated heterocycles. The maximum atomic E-state index is 6.24. The van der Waals surface area contributed by atoms with Gasteiger partial charge in [0.15, 0.2) is 0 Å². The van der Waals surface area contributed by atoms with Gasteiger partial charge in [-0.2, -0.15) is 5.21 Å². The highest BCUT2D eigenvalue weighted by Crippen LogP contribution is 2.27. The van der Waals surface area contributed by atoms with Crippen molar-refractivity contribution in [2.45, 2.75) is 6.54 Å². The van der Waals surface area contributed by atoms with Crippen LogP contribution >= 0.6 is 23.2 Å². The number of H-pyrrole nitrogens is 1. The molecule has 25 heavy (non-hydrogen) atoms. The van der Waals surface area contributed by atoms with Crippen LogP contribution in [0, 0.1) is 0 Å². The van der Waals surface area contributed by atoms with Crippen LogP contribution in [-0.4, -0.2) is 35.2 Å². The number of rotatable bonds is 4. The summed E-state index contributed by atoms with van der Waals surface area (Å²) < 4.78 is 1.93. The highest BCUT2D eigenvalue weighted by molar-refractivity contribution is 6.42. The van der Waals surface area contributed by atoms with Gasteiger partial charge < -0.3 is 4.57 Å². The van der Waals surface area contributed by atoms with Crippen LogP contribution in [0.4, 0.5) is 0 Å². The molecule has 0 aliphatic carbocycles. The van der Waals surface area contributed by atoms with Crippen LogP contribution < -0.4 is 0 Å². The molecule has 0 atom stereocenters. The summed E-state index contributed by atoms with van der Waals surface area (Å²) in [5.41, 5.74) is 3.19. The SMILES string of the molecule is Clc1cccc(Cn2cnc(-c3cc(-c4nn[nH]n4)ccn3)c2)c1Cl. The molecule has 0 radical (unpaired) electrons. The summed E-state index contributed by atoms with van der Waals surface area (Å²) in [6.07, 6.45) is 5.32. The van der Waals surface area contributed by atoms with Crippen LogP contribution in [0.2, 0.25) is 10.0 Å². The maximum absolute atomic E-state index is 6.24. The maximum Gasteiger partial charge on any atom is 0.204 e. The number of nitrogens with zero attached hydrogens (tertiary/aromatic N) is 6. The summed E-state index contributed by atoms with van der Waals surface area (Å²) in [6.45, 7) is 0.566. The first-order chi connectivity index (χ1) is 12.2. The zero-order valence-electron chi connectivity index (χ0n) is 12.8. The minimum Gasteiger partial charge on any atom is -0.332 e. The fraction of sp³-hybridized carbons (Fsp3) is 0.0625. The zero-order chi connectivity index (χ0) is 17.2. The second-order valence-corrected chi connectivity index (χ2v) is 6.09. The summed E-state index contributed by atoms with van der Waals surface area (Å²) in [5.74, 6) is 0.508. The highest BCUT2D eigenvalue weighted by atomic mass is 35.5. The third-order valence-corrected chi connectivity index (χ3v) is 4.50. The molecule has 3 aromatic heterocycles. The van der Waals surface area contributed by atoms with Crippen LogP contribution in [0.1, 0.15) is 5.56 Å². The minimum atomic E-state index is 0.508. The van der Waals surface area contributed by atoms with E-state index in [2.05, 4.69) is 30.6 Å². The Hall–Kier alpha value is -2.77. The van der Waals surface area contributed by atoms with Crippen molar-refractivity contribution in [2.24, 2.45) is 0 Å². The Morgan fingerprint density at radius 3 is 2.84 bits per heavy atom. The summed E-state index contributed by atoms with van der Waals surface area (Å²) in [4.78, 5) is 8.78. The van der Waals surface area contributed by atoms with Crippen molar-refractivity contribution in [2.75, 3.05) is 0 Å². The van der Waals surface area contributed by atoms with E-state index < -0.39 is 0 Å². The number of imidazole rings is 1. The average Bonchev–Trinajstić information content (AvgIpc) is 3.31. The topological polar surface area (TPSA) is 85.2 Å². The van der Waals surface area contributed by atoms with Gasteiger partial charge in [-0.15, -0.1) is 10.2 Å². The van der Waals surface area contributed by atoms with E-state index >= 15 is 0 Å². The Bertz CT molecular complexity index is 1010. The molecule has 124 valence electrons. The van der Waals surface area contributed by atoms with Gasteiger partial charge in [0, 0.05) is 18.0 Å². The van der Waals surface area contributed by atoms with Gasteiger partial charge in [0.05, 0.1) is 28.6 Å². The first kappa shape index (κ1) is 15.7. The highest BCUT2D eigenvalue weighted by Gasteiger charge is 2.10. The first-order valence-corrected chi connectivity index (χ1v) is 8.11. The fourth-order valence-electron chi connectivity index (χ4n) is 2.44. The molecule has 4 rings (SSSR count). The van der Waals surface area contributed by atoms with Gasteiger partial charge in [-0.3, -0.25) is 4.98 Å². The fourth-order valence-corrected chi connectivity index (χ4v) is 2.82. The molecule has 0 unspecified atom stereocenters. The lowest BCUT2D eigenvalue weighted by atomic mass is 10.2. The normalized spacial score (nSPS) is 11.0. The molecule has 0 aliphatic heterocycles. The summed E-state index contributed by atoms with van der Waals surface area (Å²) >= 11 is 12.3.